The molecular weight excluding hydrogens is 294 g/mol. The lowest BCUT2D eigenvalue weighted by molar-refractivity contribution is 0.0278. The van der Waals surface area contributed by atoms with E-state index in [2.05, 4.69) is 0 Å². The smallest absolute Gasteiger partial charge is 0.410 e. The van der Waals surface area contributed by atoms with Crippen LogP contribution in [-0.4, -0.2) is 63.8 Å². The van der Waals surface area contributed by atoms with E-state index in [0.717, 1.165) is 10.0 Å². The third kappa shape index (κ3) is 4.11. The summed E-state index contributed by atoms with van der Waals surface area (Å²) in [6.07, 6.45) is -0.615. The van der Waals surface area contributed by atoms with Gasteiger partial charge in [-0.25, -0.2) is 26.1 Å². The Bertz CT molecular complexity index is 436. The molecule has 2 atom stereocenters. The molecule has 5 amide bonds. The second-order valence-corrected chi connectivity index (χ2v) is 6.01. The number of carbonyl (C=O) groups excluding carboxylic acids is 3. The molecule has 0 aromatic carbocycles. The summed E-state index contributed by atoms with van der Waals surface area (Å²) in [5.41, 5.74) is 9.57. The minimum atomic E-state index is -0.918. The highest BCUT2D eigenvalue weighted by Gasteiger charge is 2.44. The van der Waals surface area contributed by atoms with Gasteiger partial charge >= 0.3 is 18.2 Å². The molecule has 1 saturated heterocycles. The van der Waals surface area contributed by atoms with Gasteiger partial charge in [-0.15, -0.1) is 0 Å². The number of hydrogen-bond acceptors (Lipinski definition) is 6. The first kappa shape index (κ1) is 17.8. The van der Waals surface area contributed by atoms with Gasteiger partial charge in [0.15, 0.2) is 0 Å². The summed E-state index contributed by atoms with van der Waals surface area (Å²) in [6, 6.07) is -3.41. The van der Waals surface area contributed by atoms with Crippen LogP contribution in [0.3, 0.4) is 0 Å². The van der Waals surface area contributed by atoms with E-state index in [1.165, 1.54) is 4.90 Å². The van der Waals surface area contributed by atoms with Crippen molar-refractivity contribution in [2.24, 2.45) is 23.2 Å². The summed E-state index contributed by atoms with van der Waals surface area (Å²) in [5, 5.41) is 1.44. The standard InChI is InChI=1S/C11H23N7O4/c1-11(2,3)22-10(21)16-4-6(17(14)8(12)19)7(5-16)18(15)9(13)20/h6-7H,4-5,14-15H2,1-3H3,(H2,12,19)(H2,13,20). The van der Waals surface area contributed by atoms with Crippen molar-refractivity contribution < 1.29 is 19.1 Å². The SMILES string of the molecule is CC(C)(C)OC(=O)N1CC(N(N)C(N)=O)C(N(N)C(N)=O)C1. The van der Waals surface area contributed by atoms with Crippen molar-refractivity contribution in [2.45, 2.75) is 38.5 Å². The molecule has 1 fully saturated rings. The minimum Gasteiger partial charge on any atom is -0.444 e. The Labute approximate surface area is 128 Å². The maximum atomic E-state index is 12.1. The Kier molecular flexibility index (Phi) is 5.04. The Hall–Kier alpha value is -2.27. The Morgan fingerprint density at radius 2 is 1.36 bits per heavy atom. The van der Waals surface area contributed by atoms with Crippen LogP contribution in [0.5, 0.6) is 0 Å². The van der Waals surface area contributed by atoms with Crippen molar-refractivity contribution in [3.05, 3.63) is 0 Å². The zero-order valence-corrected chi connectivity index (χ0v) is 12.9. The second kappa shape index (κ2) is 6.23. The molecule has 0 aliphatic carbocycles. The number of primary amides is 2. The number of urea groups is 2. The summed E-state index contributed by atoms with van der Waals surface area (Å²) in [5.74, 6) is 11.2. The van der Waals surface area contributed by atoms with Crippen LogP contribution in [0.4, 0.5) is 14.4 Å². The summed E-state index contributed by atoms with van der Waals surface area (Å²) in [4.78, 5) is 35.9. The number of nitrogens with zero attached hydrogens (tertiary/aromatic N) is 3. The van der Waals surface area contributed by atoms with Crippen LogP contribution in [0.1, 0.15) is 20.8 Å². The van der Waals surface area contributed by atoms with Gasteiger partial charge in [0.2, 0.25) is 0 Å². The van der Waals surface area contributed by atoms with Crippen LogP contribution < -0.4 is 23.2 Å². The highest BCUT2D eigenvalue weighted by Crippen LogP contribution is 2.20. The van der Waals surface area contributed by atoms with Gasteiger partial charge in [0.25, 0.3) is 0 Å². The predicted octanol–water partition coefficient (Wildman–Crippen LogP) is -1.52. The van der Waals surface area contributed by atoms with E-state index in [4.69, 9.17) is 27.9 Å². The molecule has 8 N–H and O–H groups in total. The van der Waals surface area contributed by atoms with E-state index >= 15 is 0 Å². The third-order valence-corrected chi connectivity index (χ3v) is 3.13. The molecule has 1 aliphatic heterocycles. The maximum Gasteiger partial charge on any atom is 0.410 e. The van der Waals surface area contributed by atoms with Crippen molar-refractivity contribution in [3.8, 4) is 0 Å². The first-order valence-electron chi connectivity index (χ1n) is 6.58. The Balaban J connectivity index is 2.93. The molecule has 0 saturated carbocycles. The Morgan fingerprint density at radius 3 is 1.64 bits per heavy atom. The van der Waals surface area contributed by atoms with Gasteiger partial charge in [-0.3, -0.25) is 10.0 Å². The molecule has 1 rings (SSSR count). The highest BCUT2D eigenvalue weighted by atomic mass is 16.6. The summed E-state index contributed by atoms with van der Waals surface area (Å²) in [6.45, 7) is 5.17. The van der Waals surface area contributed by atoms with E-state index in [0.29, 0.717) is 0 Å². The number of likely N-dealkylation sites (tertiary alicyclic amines) is 1. The highest BCUT2D eigenvalue weighted by molar-refractivity contribution is 5.75. The molecule has 0 aromatic rings. The van der Waals surface area contributed by atoms with Gasteiger partial charge in [0.1, 0.15) is 5.60 Å². The zero-order valence-electron chi connectivity index (χ0n) is 12.9. The summed E-state index contributed by atoms with van der Waals surface area (Å²) in [7, 11) is 0. The number of hydrogen-bond donors (Lipinski definition) is 4. The fourth-order valence-corrected chi connectivity index (χ4v) is 2.12. The topological polar surface area (TPSA) is 174 Å². The molecule has 2 unspecified atom stereocenters. The molecule has 0 bridgehead atoms. The first-order chi connectivity index (χ1) is 9.94. The van der Waals surface area contributed by atoms with Crippen LogP contribution in [0.15, 0.2) is 0 Å². The van der Waals surface area contributed by atoms with Crippen molar-refractivity contribution in [3.63, 3.8) is 0 Å². The predicted molar refractivity (Wildman–Crippen MR) is 76.6 cm³/mol. The van der Waals surface area contributed by atoms with Crippen LogP contribution in [0.2, 0.25) is 0 Å². The molecule has 126 valence electrons. The second-order valence-electron chi connectivity index (χ2n) is 6.01. The summed E-state index contributed by atoms with van der Waals surface area (Å²) < 4.78 is 5.23. The number of rotatable bonds is 2. The van der Waals surface area contributed by atoms with Gasteiger partial charge in [-0.1, -0.05) is 0 Å². The molecule has 1 heterocycles. The van der Waals surface area contributed by atoms with E-state index in [1.807, 2.05) is 0 Å². The van der Waals surface area contributed by atoms with E-state index in [9.17, 15) is 14.4 Å². The van der Waals surface area contributed by atoms with E-state index < -0.39 is 35.8 Å². The molecule has 0 spiro atoms. The lowest BCUT2D eigenvalue weighted by atomic mass is 10.1. The average molecular weight is 317 g/mol. The van der Waals surface area contributed by atoms with Gasteiger partial charge in [0, 0.05) is 13.1 Å². The summed E-state index contributed by atoms with van der Waals surface area (Å²) >= 11 is 0. The number of nitrogens with two attached hydrogens (primary N) is 4. The van der Waals surface area contributed by atoms with E-state index in [1.54, 1.807) is 20.8 Å². The van der Waals surface area contributed by atoms with Crippen LogP contribution >= 0.6 is 0 Å². The van der Waals surface area contributed by atoms with E-state index in [-0.39, 0.29) is 13.1 Å². The van der Waals surface area contributed by atoms with Gasteiger partial charge in [0.05, 0.1) is 12.1 Å². The molecule has 11 heteroatoms. The fourth-order valence-electron chi connectivity index (χ4n) is 2.12. The molecule has 0 aromatic heterocycles. The lowest BCUT2D eigenvalue weighted by Gasteiger charge is -2.30. The maximum absolute atomic E-state index is 12.1. The van der Waals surface area contributed by atoms with Crippen LogP contribution in [-0.2, 0) is 4.74 Å². The minimum absolute atomic E-state index is 0.0139. The molecular formula is C11H23N7O4. The van der Waals surface area contributed by atoms with Gasteiger partial charge < -0.3 is 21.1 Å². The van der Waals surface area contributed by atoms with Crippen molar-refractivity contribution in [1.29, 1.82) is 0 Å². The number of amides is 5. The van der Waals surface area contributed by atoms with Crippen molar-refractivity contribution in [2.75, 3.05) is 13.1 Å². The lowest BCUT2D eigenvalue weighted by Crippen LogP contribution is -2.61. The molecule has 11 nitrogen and oxygen atoms in total. The largest absolute Gasteiger partial charge is 0.444 e. The molecule has 22 heavy (non-hydrogen) atoms. The monoisotopic (exact) mass is 317 g/mol. The number of ether oxygens (including phenoxy) is 1. The normalized spacial score (nSPS) is 21.4. The number of hydrazine groups is 2. The molecule has 1 aliphatic rings. The number of carbonyl (C=O) groups is 3. The van der Waals surface area contributed by atoms with Gasteiger partial charge in [-0.2, -0.15) is 0 Å². The van der Waals surface area contributed by atoms with Gasteiger partial charge in [-0.05, 0) is 20.8 Å². The average Bonchev–Trinajstić information content (AvgIpc) is 2.79. The van der Waals surface area contributed by atoms with Crippen molar-refractivity contribution >= 4 is 18.2 Å². The third-order valence-electron chi connectivity index (χ3n) is 3.13. The Morgan fingerprint density at radius 1 is 1.00 bits per heavy atom. The molecule has 0 radical (unpaired) electrons. The first-order valence-corrected chi connectivity index (χ1v) is 6.58. The fraction of sp³-hybridized carbons (Fsp3) is 0.727. The zero-order chi connectivity index (χ0) is 17.2. The van der Waals surface area contributed by atoms with Crippen LogP contribution in [0, 0.1) is 0 Å². The van der Waals surface area contributed by atoms with Crippen molar-refractivity contribution in [1.82, 2.24) is 14.9 Å². The quantitative estimate of drug-likeness (QED) is 0.273. The van der Waals surface area contributed by atoms with Crippen LogP contribution in [0.25, 0.3) is 0 Å².